The first-order chi connectivity index (χ1) is 4.63. The first-order valence-electron chi connectivity index (χ1n) is 4.63. The van der Waals surface area contributed by atoms with E-state index >= 15 is 0 Å². The van der Waals surface area contributed by atoms with E-state index in [1.165, 1.54) is 6.42 Å². The molecule has 4 aliphatic rings. The van der Waals surface area contributed by atoms with Gasteiger partial charge in [0, 0.05) is 0 Å². The zero-order valence-corrected chi connectivity index (χ0v) is 7.20. The molecule has 4 saturated carbocycles. The molecule has 0 aromatic carbocycles. The van der Waals surface area contributed by atoms with E-state index in [1.54, 1.807) is 12.8 Å². The highest BCUT2D eigenvalue weighted by Gasteiger charge is 2.96. The quantitative estimate of drug-likeness (QED) is 0.520. The molecule has 4 fully saturated rings. The molecule has 0 aliphatic heterocycles. The molecule has 2 bridgehead atoms. The van der Waals surface area contributed by atoms with E-state index in [2.05, 4.69) is 20.8 Å². The van der Waals surface area contributed by atoms with Gasteiger partial charge < -0.3 is 0 Å². The van der Waals surface area contributed by atoms with Crippen LogP contribution in [0.5, 0.6) is 0 Å². The third kappa shape index (κ3) is 0.212. The van der Waals surface area contributed by atoms with Gasteiger partial charge >= 0.3 is 0 Å². The molecule has 0 heterocycles. The molecule has 0 amide bonds. The van der Waals surface area contributed by atoms with Gasteiger partial charge in [-0.25, -0.2) is 0 Å². The maximum Gasteiger partial charge on any atom is -0.0178 e. The molecular formula is C10H16. The second-order valence-electron chi connectivity index (χ2n) is 5.07. The number of rotatable bonds is 1. The molecule has 2 atom stereocenters. The second kappa shape index (κ2) is 1.00. The molecule has 1 spiro atoms. The molecule has 0 aromatic heterocycles. The molecular weight excluding hydrogens is 120 g/mol. The Bertz CT molecular complexity index is 210. The average Bonchev–Trinajstić information content (AvgIpc) is 2.10. The van der Waals surface area contributed by atoms with Crippen LogP contribution in [0.25, 0.3) is 0 Å². The van der Waals surface area contributed by atoms with Crippen LogP contribution in [0.2, 0.25) is 0 Å². The van der Waals surface area contributed by atoms with Gasteiger partial charge in [0.05, 0.1) is 0 Å². The molecule has 0 heteroatoms. The minimum atomic E-state index is 0.828. The molecule has 4 rings (SSSR count). The van der Waals surface area contributed by atoms with Gasteiger partial charge in [-0.3, -0.25) is 0 Å². The van der Waals surface area contributed by atoms with Gasteiger partial charge in [0.25, 0.3) is 0 Å². The third-order valence-electron chi connectivity index (χ3n) is 5.73. The predicted molar refractivity (Wildman–Crippen MR) is 41.7 cm³/mol. The Morgan fingerprint density at radius 3 is 2.10 bits per heavy atom. The fourth-order valence-corrected chi connectivity index (χ4v) is 4.61. The topological polar surface area (TPSA) is 0 Å². The van der Waals surface area contributed by atoms with Crippen molar-refractivity contribution in [2.24, 2.45) is 22.2 Å². The lowest BCUT2D eigenvalue weighted by atomic mass is 9.37. The van der Waals surface area contributed by atoms with Crippen molar-refractivity contribution in [2.75, 3.05) is 0 Å². The van der Waals surface area contributed by atoms with Gasteiger partial charge in [-0.15, -0.1) is 0 Å². The Morgan fingerprint density at radius 2 is 2.00 bits per heavy atom. The van der Waals surface area contributed by atoms with Crippen molar-refractivity contribution in [3.63, 3.8) is 0 Å². The normalized spacial score (nSPS) is 75.3. The van der Waals surface area contributed by atoms with Gasteiger partial charge in [0.1, 0.15) is 0 Å². The molecule has 0 N–H and O–H groups in total. The maximum atomic E-state index is 2.52. The van der Waals surface area contributed by atoms with Gasteiger partial charge in [0.2, 0.25) is 0 Å². The summed E-state index contributed by atoms with van der Waals surface area (Å²) >= 11 is 0. The molecule has 56 valence electrons. The molecule has 0 radical (unpaired) electrons. The van der Waals surface area contributed by atoms with E-state index in [0.717, 1.165) is 22.2 Å². The molecule has 0 aromatic rings. The van der Waals surface area contributed by atoms with Crippen molar-refractivity contribution in [3.05, 3.63) is 0 Å². The summed E-state index contributed by atoms with van der Waals surface area (Å²) in [5.74, 6) is 1.07. The number of hydrogen-bond acceptors (Lipinski definition) is 0. The van der Waals surface area contributed by atoms with E-state index < -0.39 is 0 Å². The van der Waals surface area contributed by atoms with E-state index in [1.807, 2.05) is 0 Å². The van der Waals surface area contributed by atoms with Gasteiger partial charge in [0.15, 0.2) is 0 Å². The predicted octanol–water partition coefficient (Wildman–Crippen LogP) is 2.83. The molecule has 2 unspecified atom stereocenters. The molecule has 4 aliphatic carbocycles. The smallest absolute Gasteiger partial charge is 0.0178 e. The summed E-state index contributed by atoms with van der Waals surface area (Å²) < 4.78 is 0. The molecule has 0 saturated heterocycles. The summed E-state index contributed by atoms with van der Waals surface area (Å²) in [6.07, 6.45) is 4.60. The Morgan fingerprint density at radius 1 is 1.40 bits per heavy atom. The van der Waals surface area contributed by atoms with E-state index in [0.29, 0.717) is 0 Å². The Hall–Kier alpha value is 0. The summed E-state index contributed by atoms with van der Waals surface area (Å²) in [4.78, 5) is 0. The lowest BCUT2D eigenvalue weighted by Crippen LogP contribution is -2.59. The SMILES string of the molecule is CCC12CC3(C1)C(C)C23C. The summed E-state index contributed by atoms with van der Waals surface area (Å²) in [7, 11) is 0. The van der Waals surface area contributed by atoms with Crippen molar-refractivity contribution in [3.8, 4) is 0 Å². The van der Waals surface area contributed by atoms with Gasteiger partial charge in [-0.2, -0.15) is 0 Å². The molecule has 0 nitrogen and oxygen atoms in total. The third-order valence-corrected chi connectivity index (χ3v) is 5.73. The Labute approximate surface area is 63.0 Å². The van der Waals surface area contributed by atoms with Crippen LogP contribution in [-0.2, 0) is 0 Å². The maximum absolute atomic E-state index is 2.52. The lowest BCUT2D eigenvalue weighted by molar-refractivity contribution is -0.181. The van der Waals surface area contributed by atoms with Gasteiger partial charge in [-0.1, -0.05) is 20.8 Å². The minimum Gasteiger partial charge on any atom is -0.0648 e. The average molecular weight is 136 g/mol. The summed E-state index contributed by atoms with van der Waals surface area (Å²) in [6, 6.07) is 0. The summed E-state index contributed by atoms with van der Waals surface area (Å²) in [5, 5.41) is 0. The van der Waals surface area contributed by atoms with Crippen LogP contribution in [-0.4, -0.2) is 0 Å². The van der Waals surface area contributed by atoms with Crippen molar-refractivity contribution in [1.82, 2.24) is 0 Å². The van der Waals surface area contributed by atoms with Crippen molar-refractivity contribution in [1.29, 1.82) is 0 Å². The first-order valence-corrected chi connectivity index (χ1v) is 4.63. The highest BCUT2D eigenvalue weighted by atomic mass is 15.0. The lowest BCUT2D eigenvalue weighted by Gasteiger charge is -2.67. The fourth-order valence-electron chi connectivity index (χ4n) is 4.61. The fraction of sp³-hybridized carbons (Fsp3) is 1.00. The number of hydrogen-bond donors (Lipinski definition) is 0. The van der Waals surface area contributed by atoms with Crippen molar-refractivity contribution < 1.29 is 0 Å². The largest absolute Gasteiger partial charge is 0.0648 e. The first kappa shape index (κ1) is 5.62. The minimum absolute atomic E-state index is 0.828. The van der Waals surface area contributed by atoms with Crippen LogP contribution in [0.15, 0.2) is 0 Å². The van der Waals surface area contributed by atoms with Crippen LogP contribution in [0.3, 0.4) is 0 Å². The zero-order valence-electron chi connectivity index (χ0n) is 7.20. The van der Waals surface area contributed by atoms with Crippen molar-refractivity contribution >= 4 is 0 Å². The van der Waals surface area contributed by atoms with Gasteiger partial charge in [-0.05, 0) is 41.4 Å². The monoisotopic (exact) mass is 136 g/mol. The van der Waals surface area contributed by atoms with Crippen LogP contribution >= 0.6 is 0 Å². The zero-order chi connectivity index (χ0) is 7.20. The summed E-state index contributed by atoms with van der Waals surface area (Å²) in [5.41, 5.74) is 2.56. The van der Waals surface area contributed by atoms with E-state index in [-0.39, 0.29) is 0 Å². The summed E-state index contributed by atoms with van der Waals surface area (Å²) in [6.45, 7) is 7.36. The van der Waals surface area contributed by atoms with E-state index in [9.17, 15) is 0 Å². The van der Waals surface area contributed by atoms with Crippen LogP contribution in [0, 0.1) is 22.2 Å². The van der Waals surface area contributed by atoms with E-state index in [4.69, 9.17) is 0 Å². The van der Waals surface area contributed by atoms with Crippen LogP contribution in [0.4, 0.5) is 0 Å². The van der Waals surface area contributed by atoms with Crippen LogP contribution < -0.4 is 0 Å². The Balaban J connectivity index is 2.02. The highest BCUT2D eigenvalue weighted by Crippen LogP contribution is 3.02. The molecule has 10 heavy (non-hydrogen) atoms. The second-order valence-corrected chi connectivity index (χ2v) is 5.07. The highest BCUT2D eigenvalue weighted by molar-refractivity contribution is 5.44. The van der Waals surface area contributed by atoms with Crippen LogP contribution in [0.1, 0.15) is 40.0 Å². The standard InChI is InChI=1S/C10H16/c1-4-9-5-10(6-9)7(2)8(9,10)3/h7H,4-6H2,1-3H3. The Kier molecular flexibility index (Phi) is 0.562. The van der Waals surface area contributed by atoms with Crippen molar-refractivity contribution in [2.45, 2.75) is 40.0 Å².